The fourth-order valence-corrected chi connectivity index (χ4v) is 0.762. The molecule has 0 fully saturated rings. The Balaban J connectivity index is 0.000000291. The summed E-state index contributed by atoms with van der Waals surface area (Å²) in [7, 11) is 0. The van der Waals surface area contributed by atoms with Crippen molar-refractivity contribution in [1.82, 2.24) is 9.36 Å². The molecule has 0 saturated heterocycles. The second-order valence-corrected chi connectivity index (χ2v) is 1.92. The summed E-state index contributed by atoms with van der Waals surface area (Å²) in [6.07, 6.45) is 0. The van der Waals surface area contributed by atoms with E-state index in [2.05, 4.69) is 9.36 Å². The predicted molar refractivity (Wildman–Crippen MR) is 38.8 cm³/mol. The van der Waals surface area contributed by atoms with Crippen LogP contribution in [0.15, 0.2) is 4.79 Å². The minimum absolute atomic E-state index is 0.0856. The van der Waals surface area contributed by atoms with E-state index in [1.54, 1.807) is 6.92 Å². The zero-order valence-electron chi connectivity index (χ0n) is 5.76. The summed E-state index contributed by atoms with van der Waals surface area (Å²) in [4.78, 5) is 12.6. The Hall–Kier alpha value is -0.640. The maximum Gasteiger partial charge on any atom is 0.323 e. The molecule has 52 valence electrons. The first-order chi connectivity index (χ1) is 4.29. The number of H-pyrrole nitrogens is 1. The lowest BCUT2D eigenvalue weighted by molar-refractivity contribution is 1.14. The molecule has 9 heavy (non-hydrogen) atoms. The van der Waals surface area contributed by atoms with Crippen molar-refractivity contribution in [3.63, 3.8) is 0 Å². The highest BCUT2D eigenvalue weighted by atomic mass is 32.1. The molecule has 0 spiro atoms. The highest BCUT2D eigenvalue weighted by molar-refractivity contribution is 7.02. The highest BCUT2D eigenvalue weighted by Gasteiger charge is 1.85. The summed E-state index contributed by atoms with van der Waals surface area (Å²) in [5, 5.41) is 0. The van der Waals surface area contributed by atoms with Gasteiger partial charge in [0, 0.05) is 11.5 Å². The number of hydrogen-bond donors (Lipinski definition) is 1. The van der Waals surface area contributed by atoms with Crippen LogP contribution in [0.2, 0.25) is 0 Å². The standard InChI is InChI=1S/C3H4N2OS.C2H6/c1-2-4-3(6)7-5-2;1-2/h1H3,(H,4,5,6);1-2H3. The third-order valence-corrected chi connectivity index (χ3v) is 1.18. The summed E-state index contributed by atoms with van der Waals surface area (Å²) in [6, 6.07) is 0. The molecule has 0 amide bonds. The summed E-state index contributed by atoms with van der Waals surface area (Å²) >= 11 is 0.943. The minimum atomic E-state index is -0.0856. The number of nitrogens with zero attached hydrogens (tertiary/aromatic N) is 1. The van der Waals surface area contributed by atoms with Crippen LogP contribution in [0.5, 0.6) is 0 Å². The maximum absolute atomic E-state index is 10.2. The van der Waals surface area contributed by atoms with Crippen molar-refractivity contribution in [3.8, 4) is 0 Å². The molecule has 1 heterocycles. The molecule has 0 saturated carbocycles. The van der Waals surface area contributed by atoms with Gasteiger partial charge in [-0.1, -0.05) is 13.8 Å². The van der Waals surface area contributed by atoms with Gasteiger partial charge in [-0.3, -0.25) is 9.78 Å². The normalized spacial score (nSPS) is 7.89. The average molecular weight is 146 g/mol. The first-order valence-electron chi connectivity index (χ1n) is 2.81. The van der Waals surface area contributed by atoms with E-state index < -0.39 is 0 Å². The molecule has 1 rings (SSSR count). The van der Waals surface area contributed by atoms with Gasteiger partial charge in [0.1, 0.15) is 5.82 Å². The van der Waals surface area contributed by atoms with E-state index in [-0.39, 0.29) is 4.87 Å². The third kappa shape index (κ3) is 3.03. The van der Waals surface area contributed by atoms with Crippen molar-refractivity contribution >= 4 is 11.5 Å². The highest BCUT2D eigenvalue weighted by Crippen LogP contribution is 1.79. The third-order valence-electron chi connectivity index (χ3n) is 0.548. The van der Waals surface area contributed by atoms with E-state index in [1.165, 1.54) is 0 Å². The summed E-state index contributed by atoms with van der Waals surface area (Å²) < 4.78 is 3.69. The van der Waals surface area contributed by atoms with Gasteiger partial charge in [0.2, 0.25) is 0 Å². The lowest BCUT2D eigenvalue weighted by atomic mass is 10.8. The lowest BCUT2D eigenvalue weighted by Gasteiger charge is -1.65. The van der Waals surface area contributed by atoms with E-state index in [0.29, 0.717) is 5.82 Å². The number of nitrogens with one attached hydrogen (secondary N) is 1. The van der Waals surface area contributed by atoms with Gasteiger partial charge < -0.3 is 0 Å². The second kappa shape index (κ2) is 4.26. The quantitative estimate of drug-likeness (QED) is 0.597. The number of aromatic amines is 1. The molecule has 1 N–H and O–H groups in total. The van der Waals surface area contributed by atoms with Crippen LogP contribution in [0.4, 0.5) is 0 Å². The van der Waals surface area contributed by atoms with Gasteiger partial charge in [-0.15, -0.1) is 0 Å². The van der Waals surface area contributed by atoms with Gasteiger partial charge in [0.25, 0.3) is 0 Å². The fraction of sp³-hybridized carbons (Fsp3) is 0.600. The van der Waals surface area contributed by atoms with Crippen molar-refractivity contribution in [2.24, 2.45) is 0 Å². The number of hydrogen-bond acceptors (Lipinski definition) is 3. The Labute approximate surface area is 57.9 Å². The van der Waals surface area contributed by atoms with Crippen LogP contribution in [0.3, 0.4) is 0 Å². The Bertz CT molecular complexity index is 203. The molecule has 0 aromatic carbocycles. The van der Waals surface area contributed by atoms with Crippen molar-refractivity contribution in [3.05, 3.63) is 15.5 Å². The van der Waals surface area contributed by atoms with Crippen LogP contribution < -0.4 is 4.87 Å². The van der Waals surface area contributed by atoms with Crippen molar-refractivity contribution in [1.29, 1.82) is 0 Å². The molecule has 0 bridgehead atoms. The van der Waals surface area contributed by atoms with E-state index in [0.717, 1.165) is 11.5 Å². The number of aromatic nitrogens is 2. The first-order valence-corrected chi connectivity index (χ1v) is 3.59. The molecular formula is C5H10N2OS. The summed E-state index contributed by atoms with van der Waals surface area (Å²) in [6.45, 7) is 5.75. The van der Waals surface area contributed by atoms with Crippen molar-refractivity contribution < 1.29 is 0 Å². The molecule has 0 atom stereocenters. The molecule has 1 aromatic rings. The smallest absolute Gasteiger partial charge is 0.300 e. The van der Waals surface area contributed by atoms with E-state index in [1.807, 2.05) is 13.8 Å². The molecule has 1 aromatic heterocycles. The van der Waals surface area contributed by atoms with Gasteiger partial charge in [0.15, 0.2) is 0 Å². The van der Waals surface area contributed by atoms with Gasteiger partial charge in [-0.2, -0.15) is 4.37 Å². The van der Waals surface area contributed by atoms with E-state index in [9.17, 15) is 4.79 Å². The summed E-state index contributed by atoms with van der Waals surface area (Å²) in [5.41, 5.74) is 0. The first kappa shape index (κ1) is 8.36. The number of rotatable bonds is 0. The minimum Gasteiger partial charge on any atom is -0.300 e. The van der Waals surface area contributed by atoms with Gasteiger partial charge in [-0.25, -0.2) is 0 Å². The van der Waals surface area contributed by atoms with Crippen LogP contribution in [0, 0.1) is 6.92 Å². The molecule has 0 radical (unpaired) electrons. The molecular weight excluding hydrogens is 136 g/mol. The predicted octanol–water partition coefficient (Wildman–Crippen LogP) is 1.17. The van der Waals surface area contributed by atoms with E-state index >= 15 is 0 Å². The zero-order valence-corrected chi connectivity index (χ0v) is 6.58. The molecule has 4 heteroatoms. The van der Waals surface area contributed by atoms with Crippen LogP contribution >= 0.6 is 11.5 Å². The lowest BCUT2D eigenvalue weighted by Crippen LogP contribution is -1.90. The molecule has 3 nitrogen and oxygen atoms in total. The number of aryl methyl sites for hydroxylation is 1. The molecule has 0 aliphatic rings. The summed E-state index contributed by atoms with van der Waals surface area (Å²) in [5.74, 6) is 0.690. The largest absolute Gasteiger partial charge is 0.323 e. The second-order valence-electron chi connectivity index (χ2n) is 1.18. The Morgan fingerprint density at radius 3 is 2.22 bits per heavy atom. The van der Waals surface area contributed by atoms with Crippen molar-refractivity contribution in [2.75, 3.05) is 0 Å². The molecule has 0 unspecified atom stereocenters. The van der Waals surface area contributed by atoms with Crippen LogP contribution in [-0.4, -0.2) is 9.36 Å². The Kier molecular flexibility index (Phi) is 3.96. The van der Waals surface area contributed by atoms with Gasteiger partial charge in [0.05, 0.1) is 0 Å². The topological polar surface area (TPSA) is 45.8 Å². The van der Waals surface area contributed by atoms with Crippen LogP contribution in [-0.2, 0) is 0 Å². The Morgan fingerprint density at radius 2 is 2.11 bits per heavy atom. The van der Waals surface area contributed by atoms with Crippen molar-refractivity contribution in [2.45, 2.75) is 20.8 Å². The zero-order chi connectivity index (χ0) is 7.28. The van der Waals surface area contributed by atoms with Gasteiger partial charge in [-0.05, 0) is 6.92 Å². The monoisotopic (exact) mass is 146 g/mol. The SMILES string of the molecule is CC.Cc1nsc(=O)[nH]1. The van der Waals surface area contributed by atoms with Crippen LogP contribution in [0.1, 0.15) is 19.7 Å². The fourth-order valence-electron chi connectivity index (χ4n) is 0.303. The Morgan fingerprint density at radius 1 is 1.56 bits per heavy atom. The average Bonchev–Trinajstić information content (AvgIpc) is 2.20. The maximum atomic E-state index is 10.2. The molecule has 0 aliphatic carbocycles. The molecule has 0 aliphatic heterocycles. The van der Waals surface area contributed by atoms with Crippen LogP contribution in [0.25, 0.3) is 0 Å². The van der Waals surface area contributed by atoms with E-state index in [4.69, 9.17) is 0 Å². The van der Waals surface area contributed by atoms with Gasteiger partial charge >= 0.3 is 4.87 Å².